The molecule has 6 heteroatoms. The van der Waals surface area contributed by atoms with Gasteiger partial charge >= 0.3 is 5.97 Å². The van der Waals surface area contributed by atoms with Crippen molar-refractivity contribution in [2.24, 2.45) is 0 Å². The van der Waals surface area contributed by atoms with Crippen LogP contribution < -0.4 is 0 Å². The Kier molecular flexibility index (Phi) is 3.66. The Morgan fingerprint density at radius 1 is 1.33 bits per heavy atom. The molecular formula is C12H14N4O2. The third-order valence-corrected chi connectivity index (χ3v) is 2.34. The van der Waals surface area contributed by atoms with Crippen molar-refractivity contribution in [1.82, 2.24) is 20.2 Å². The second-order valence-electron chi connectivity index (χ2n) is 3.81. The predicted octanol–water partition coefficient (Wildman–Crippen LogP) is 1.21. The van der Waals surface area contributed by atoms with E-state index in [9.17, 15) is 4.79 Å². The molecule has 0 unspecified atom stereocenters. The van der Waals surface area contributed by atoms with Gasteiger partial charge in [0.1, 0.15) is 0 Å². The molecule has 1 aromatic carbocycles. The van der Waals surface area contributed by atoms with Crippen molar-refractivity contribution in [2.75, 3.05) is 6.61 Å². The van der Waals surface area contributed by atoms with E-state index < -0.39 is 0 Å². The van der Waals surface area contributed by atoms with Crippen molar-refractivity contribution >= 4 is 5.97 Å². The normalized spacial score (nSPS) is 10.3. The number of esters is 1. The Morgan fingerprint density at radius 3 is 2.72 bits per heavy atom. The molecule has 18 heavy (non-hydrogen) atoms. The van der Waals surface area contributed by atoms with Crippen LogP contribution in [0.2, 0.25) is 0 Å². The highest BCUT2D eigenvalue weighted by Gasteiger charge is 2.09. The third kappa shape index (κ3) is 2.91. The minimum absolute atomic E-state index is 0.0211. The van der Waals surface area contributed by atoms with Crippen LogP contribution in [0.5, 0.6) is 0 Å². The third-order valence-electron chi connectivity index (χ3n) is 2.34. The molecule has 0 amide bonds. The van der Waals surface area contributed by atoms with Crippen molar-refractivity contribution in [3.8, 4) is 11.4 Å². The van der Waals surface area contributed by atoms with E-state index in [1.807, 2.05) is 31.2 Å². The first-order valence-electron chi connectivity index (χ1n) is 5.69. The number of carbonyl (C=O) groups is 1. The molecule has 0 N–H and O–H groups in total. The van der Waals surface area contributed by atoms with E-state index in [0.717, 1.165) is 11.1 Å². The maximum Gasteiger partial charge on any atom is 0.329 e. The molecule has 6 nitrogen and oxygen atoms in total. The number of tetrazole rings is 1. The van der Waals surface area contributed by atoms with Crippen LogP contribution in [-0.2, 0) is 16.1 Å². The summed E-state index contributed by atoms with van der Waals surface area (Å²) in [4.78, 5) is 12.5. The molecule has 0 radical (unpaired) electrons. The minimum Gasteiger partial charge on any atom is -0.465 e. The van der Waals surface area contributed by atoms with E-state index in [-0.39, 0.29) is 12.5 Å². The maximum absolute atomic E-state index is 11.3. The average Bonchev–Trinajstić information content (AvgIpc) is 2.78. The first-order chi connectivity index (χ1) is 8.69. The largest absolute Gasteiger partial charge is 0.465 e. The van der Waals surface area contributed by atoms with E-state index in [1.165, 1.54) is 4.80 Å². The van der Waals surface area contributed by atoms with Gasteiger partial charge in [-0.2, -0.15) is 4.80 Å². The summed E-state index contributed by atoms with van der Waals surface area (Å²) in [7, 11) is 0. The number of hydrogen-bond donors (Lipinski definition) is 0. The molecule has 0 spiro atoms. The highest BCUT2D eigenvalue weighted by Crippen LogP contribution is 2.13. The molecule has 0 aliphatic rings. The van der Waals surface area contributed by atoms with Gasteiger partial charge in [0, 0.05) is 5.56 Å². The van der Waals surface area contributed by atoms with Crippen molar-refractivity contribution in [2.45, 2.75) is 20.4 Å². The zero-order valence-electron chi connectivity index (χ0n) is 10.3. The number of aromatic nitrogens is 4. The molecule has 2 aromatic rings. The molecule has 1 heterocycles. The molecule has 0 atom stereocenters. The van der Waals surface area contributed by atoms with Gasteiger partial charge in [0.2, 0.25) is 5.82 Å². The molecule has 2 rings (SSSR count). The van der Waals surface area contributed by atoms with Crippen LogP contribution in [0.1, 0.15) is 12.5 Å². The van der Waals surface area contributed by atoms with Gasteiger partial charge in [-0.05, 0) is 19.1 Å². The van der Waals surface area contributed by atoms with Crippen LogP contribution in [0.25, 0.3) is 11.4 Å². The number of carbonyl (C=O) groups excluding carboxylic acids is 1. The lowest BCUT2D eigenvalue weighted by atomic mass is 10.1. The molecular weight excluding hydrogens is 232 g/mol. The molecule has 94 valence electrons. The van der Waals surface area contributed by atoms with E-state index in [4.69, 9.17) is 4.74 Å². The Hall–Kier alpha value is -2.24. The number of nitrogens with zero attached hydrogens (tertiary/aromatic N) is 4. The second-order valence-corrected chi connectivity index (χ2v) is 3.81. The fraction of sp³-hybridized carbons (Fsp3) is 0.333. The predicted molar refractivity (Wildman–Crippen MR) is 64.6 cm³/mol. The lowest BCUT2D eigenvalue weighted by Crippen LogP contribution is -2.15. The Labute approximate surface area is 105 Å². The van der Waals surface area contributed by atoms with Gasteiger partial charge in [0.15, 0.2) is 6.54 Å². The van der Waals surface area contributed by atoms with Crippen LogP contribution in [0.4, 0.5) is 0 Å². The molecule has 1 aromatic heterocycles. The molecule has 0 fully saturated rings. The summed E-state index contributed by atoms with van der Waals surface area (Å²) in [6.45, 7) is 4.09. The van der Waals surface area contributed by atoms with Crippen molar-refractivity contribution in [3.05, 3.63) is 29.8 Å². The molecule has 0 bridgehead atoms. The van der Waals surface area contributed by atoms with E-state index in [0.29, 0.717) is 12.4 Å². The van der Waals surface area contributed by atoms with Gasteiger partial charge in [0.25, 0.3) is 0 Å². The number of benzene rings is 1. The lowest BCUT2D eigenvalue weighted by molar-refractivity contribution is -0.144. The van der Waals surface area contributed by atoms with Gasteiger partial charge in [-0.15, -0.1) is 10.2 Å². The first-order valence-corrected chi connectivity index (χ1v) is 5.69. The zero-order chi connectivity index (χ0) is 13.0. The minimum atomic E-state index is -0.370. The standard InChI is InChI=1S/C12H14N4O2/c1-3-18-11(17)8-16-14-12(13-15-16)10-6-4-9(2)5-7-10/h4-7H,3,8H2,1-2H3. The number of hydrogen-bond acceptors (Lipinski definition) is 5. The summed E-state index contributed by atoms with van der Waals surface area (Å²) >= 11 is 0. The summed E-state index contributed by atoms with van der Waals surface area (Å²) in [5, 5.41) is 11.8. The number of aryl methyl sites for hydroxylation is 1. The SMILES string of the molecule is CCOC(=O)Cn1nnc(-c2ccc(C)cc2)n1. The van der Waals surface area contributed by atoms with Crippen LogP contribution in [0.15, 0.2) is 24.3 Å². The second kappa shape index (κ2) is 5.39. The highest BCUT2D eigenvalue weighted by atomic mass is 16.5. The average molecular weight is 246 g/mol. The van der Waals surface area contributed by atoms with Gasteiger partial charge < -0.3 is 4.74 Å². The van der Waals surface area contributed by atoms with E-state index in [1.54, 1.807) is 6.92 Å². The molecule has 0 saturated carbocycles. The quantitative estimate of drug-likeness (QED) is 0.758. The van der Waals surface area contributed by atoms with Crippen LogP contribution >= 0.6 is 0 Å². The van der Waals surface area contributed by atoms with Gasteiger partial charge in [0.05, 0.1) is 6.61 Å². The maximum atomic E-state index is 11.3. The van der Waals surface area contributed by atoms with E-state index >= 15 is 0 Å². The first kappa shape index (κ1) is 12.2. The van der Waals surface area contributed by atoms with Crippen molar-refractivity contribution in [1.29, 1.82) is 0 Å². The summed E-state index contributed by atoms with van der Waals surface area (Å²) < 4.78 is 4.81. The molecule has 0 aliphatic heterocycles. The number of rotatable bonds is 4. The Balaban J connectivity index is 2.10. The monoisotopic (exact) mass is 246 g/mol. The van der Waals surface area contributed by atoms with Crippen LogP contribution in [0.3, 0.4) is 0 Å². The smallest absolute Gasteiger partial charge is 0.329 e. The van der Waals surface area contributed by atoms with E-state index in [2.05, 4.69) is 15.4 Å². The van der Waals surface area contributed by atoms with Crippen LogP contribution in [-0.4, -0.2) is 32.8 Å². The van der Waals surface area contributed by atoms with Gasteiger partial charge in [-0.3, -0.25) is 0 Å². The van der Waals surface area contributed by atoms with Crippen molar-refractivity contribution in [3.63, 3.8) is 0 Å². The number of ether oxygens (including phenoxy) is 1. The fourth-order valence-corrected chi connectivity index (χ4v) is 1.45. The van der Waals surface area contributed by atoms with Gasteiger partial charge in [-0.1, -0.05) is 29.8 Å². The topological polar surface area (TPSA) is 69.9 Å². The highest BCUT2D eigenvalue weighted by molar-refractivity contribution is 5.68. The summed E-state index contributed by atoms with van der Waals surface area (Å²) in [6.07, 6.45) is 0. The van der Waals surface area contributed by atoms with Gasteiger partial charge in [-0.25, -0.2) is 4.79 Å². The lowest BCUT2D eigenvalue weighted by Gasteiger charge is -1.99. The Morgan fingerprint density at radius 2 is 2.06 bits per heavy atom. The zero-order valence-corrected chi connectivity index (χ0v) is 10.3. The summed E-state index contributed by atoms with van der Waals surface area (Å²) in [6, 6.07) is 7.78. The van der Waals surface area contributed by atoms with Crippen LogP contribution in [0, 0.1) is 6.92 Å². The summed E-state index contributed by atoms with van der Waals surface area (Å²) in [5.74, 6) is 0.129. The Bertz CT molecular complexity index is 533. The summed E-state index contributed by atoms with van der Waals surface area (Å²) in [5.41, 5.74) is 2.04. The fourth-order valence-electron chi connectivity index (χ4n) is 1.45. The molecule has 0 saturated heterocycles. The molecule has 0 aliphatic carbocycles. The van der Waals surface area contributed by atoms with Crippen molar-refractivity contribution < 1.29 is 9.53 Å².